The number of ketones is 2. The van der Waals surface area contributed by atoms with Crippen LogP contribution >= 0.6 is 0 Å². The number of fused-ring (bicyclic) bond motifs is 1. The number of rotatable bonds is 2. The molecule has 0 amide bonds. The number of esters is 1. The number of carbonyl (C=O) groups excluding carboxylic acids is 3. The molecule has 3 aliphatic heterocycles. The Morgan fingerprint density at radius 1 is 1.15 bits per heavy atom. The van der Waals surface area contributed by atoms with E-state index in [-0.39, 0.29) is 34.9 Å². The number of hydrogen-bond acceptors (Lipinski definition) is 6. The number of ether oxygens (including phenoxy) is 1. The second-order valence-corrected chi connectivity index (χ2v) is 12.6. The Kier molecular flexibility index (Phi) is 3.36. The third-order valence-corrected chi connectivity index (χ3v) is 11.3. The molecule has 9 aliphatic rings. The predicted octanol–water partition coefficient (Wildman–Crippen LogP) is 2.26. The van der Waals surface area contributed by atoms with Gasteiger partial charge in [-0.1, -0.05) is 31.7 Å². The first kappa shape index (κ1) is 19.9. The highest BCUT2D eigenvalue weighted by atomic mass is 16.5. The van der Waals surface area contributed by atoms with Crippen LogP contribution in [0.5, 0.6) is 0 Å². The van der Waals surface area contributed by atoms with Crippen LogP contribution in [0.25, 0.3) is 0 Å². The number of hydrogen-bond donors (Lipinski definition) is 1. The second kappa shape index (κ2) is 5.73. The first-order valence-corrected chi connectivity index (χ1v) is 12.7. The Morgan fingerprint density at radius 3 is 2.68 bits per heavy atom. The zero-order valence-corrected chi connectivity index (χ0v) is 19.3. The van der Waals surface area contributed by atoms with Crippen LogP contribution in [0.3, 0.4) is 0 Å². The minimum Gasteiger partial charge on any atom is -0.457 e. The molecule has 1 aromatic carbocycles. The summed E-state index contributed by atoms with van der Waals surface area (Å²) in [7, 11) is 0. The van der Waals surface area contributed by atoms with Gasteiger partial charge in [0.15, 0.2) is 0 Å². The third kappa shape index (κ3) is 1.83. The summed E-state index contributed by atoms with van der Waals surface area (Å²) in [6.45, 7) is 8.23. The molecule has 6 saturated carbocycles. The summed E-state index contributed by atoms with van der Waals surface area (Å²) in [5.74, 6) is -0.633. The average Bonchev–Trinajstić information content (AvgIpc) is 2.84. The van der Waals surface area contributed by atoms with Crippen LogP contribution in [0.2, 0.25) is 0 Å². The monoisotopic (exact) mass is 459 g/mol. The minimum absolute atomic E-state index is 0.0447. The molecule has 10 rings (SSSR count). The molecule has 2 spiro atoms. The number of nitrogens with zero attached hydrogens (tertiary/aromatic N) is 1. The van der Waals surface area contributed by atoms with Crippen molar-refractivity contribution in [1.82, 2.24) is 4.90 Å². The Bertz CT molecular complexity index is 1210. The van der Waals surface area contributed by atoms with Gasteiger partial charge >= 0.3 is 5.97 Å². The molecular formula is C28H29NO5. The van der Waals surface area contributed by atoms with E-state index < -0.39 is 34.9 Å². The van der Waals surface area contributed by atoms with Crippen LogP contribution in [0, 0.1) is 45.8 Å². The predicted molar refractivity (Wildman–Crippen MR) is 120 cm³/mol. The number of aliphatic hydroxyl groups is 1. The van der Waals surface area contributed by atoms with E-state index in [2.05, 4.69) is 18.4 Å². The van der Waals surface area contributed by atoms with Crippen molar-refractivity contribution in [1.29, 1.82) is 0 Å². The molecule has 6 nitrogen and oxygen atoms in total. The lowest BCUT2D eigenvalue weighted by Crippen LogP contribution is -2.77. The van der Waals surface area contributed by atoms with Gasteiger partial charge in [0.25, 0.3) is 0 Å². The van der Waals surface area contributed by atoms with E-state index in [1.54, 1.807) is 24.3 Å². The molecule has 176 valence electrons. The fourth-order valence-corrected chi connectivity index (χ4v) is 11.4. The number of aliphatic hydroxyl groups excluding tert-OH is 1. The van der Waals surface area contributed by atoms with E-state index in [4.69, 9.17) is 4.74 Å². The van der Waals surface area contributed by atoms with Crippen LogP contribution in [0.1, 0.15) is 36.5 Å². The van der Waals surface area contributed by atoms with Crippen molar-refractivity contribution < 1.29 is 24.2 Å². The highest BCUT2D eigenvalue weighted by molar-refractivity contribution is 5.95. The summed E-state index contributed by atoms with van der Waals surface area (Å²) in [5, 5.41) is 11.7. The minimum atomic E-state index is -0.788. The maximum atomic E-state index is 14.2. The van der Waals surface area contributed by atoms with Crippen LogP contribution in [0.4, 0.5) is 0 Å². The van der Waals surface area contributed by atoms with Crippen molar-refractivity contribution >= 4 is 17.5 Å². The Labute approximate surface area is 198 Å². The highest BCUT2D eigenvalue weighted by Crippen LogP contribution is 2.84. The lowest BCUT2D eigenvalue weighted by atomic mass is 9.35. The lowest BCUT2D eigenvalue weighted by molar-refractivity contribution is -0.266. The van der Waals surface area contributed by atoms with Gasteiger partial charge in [0.05, 0.1) is 17.6 Å². The smallest absolute Gasteiger partial charge is 0.338 e. The first-order valence-electron chi connectivity index (χ1n) is 12.7. The SMILES string of the molecule is C=C1[C@H]2C(=O)[C@H]3C4N5C[C@H]6C[C@]3(C([C@@H]2OC(=O)c2ccccc2)[C@@]42CC(=O)C[C@@](C)(C5)C62)[C@@H]1O. The van der Waals surface area contributed by atoms with Crippen LogP contribution in [-0.4, -0.2) is 58.9 Å². The maximum Gasteiger partial charge on any atom is 0.338 e. The molecule has 3 saturated heterocycles. The van der Waals surface area contributed by atoms with Gasteiger partial charge in [-0.25, -0.2) is 4.79 Å². The summed E-state index contributed by atoms with van der Waals surface area (Å²) >= 11 is 0. The van der Waals surface area contributed by atoms with E-state index >= 15 is 0 Å². The van der Waals surface area contributed by atoms with Crippen molar-refractivity contribution in [3.05, 3.63) is 48.0 Å². The van der Waals surface area contributed by atoms with E-state index in [1.807, 2.05) is 6.07 Å². The van der Waals surface area contributed by atoms with Gasteiger partial charge in [-0.15, -0.1) is 0 Å². The zero-order valence-electron chi connectivity index (χ0n) is 19.3. The van der Waals surface area contributed by atoms with Gasteiger partial charge in [0.2, 0.25) is 0 Å². The zero-order chi connectivity index (χ0) is 23.4. The molecule has 4 unspecified atom stereocenters. The summed E-state index contributed by atoms with van der Waals surface area (Å²) in [6, 6.07) is 8.84. The van der Waals surface area contributed by atoms with Gasteiger partial charge in [-0.05, 0) is 41.4 Å². The largest absolute Gasteiger partial charge is 0.457 e. The molecule has 9 bridgehead atoms. The van der Waals surface area contributed by atoms with Crippen molar-refractivity contribution in [2.45, 2.75) is 44.4 Å². The second-order valence-electron chi connectivity index (χ2n) is 12.6. The number of piperidine rings is 3. The topological polar surface area (TPSA) is 83.9 Å². The molecule has 6 aliphatic carbocycles. The molecule has 3 heterocycles. The summed E-state index contributed by atoms with van der Waals surface area (Å²) in [5.41, 5.74) is -0.260. The summed E-state index contributed by atoms with van der Waals surface area (Å²) < 4.78 is 6.27. The third-order valence-electron chi connectivity index (χ3n) is 11.3. The molecule has 6 heteroatoms. The molecule has 0 radical (unpaired) electrons. The fourth-order valence-electron chi connectivity index (χ4n) is 11.4. The normalized spacial score (nSPS) is 55.1. The van der Waals surface area contributed by atoms with Crippen molar-refractivity contribution in [3.8, 4) is 0 Å². The van der Waals surface area contributed by atoms with E-state index in [9.17, 15) is 19.5 Å². The Balaban J connectivity index is 1.35. The maximum absolute atomic E-state index is 14.2. The van der Waals surface area contributed by atoms with Gasteiger partial charge in [0.1, 0.15) is 17.7 Å². The van der Waals surface area contributed by atoms with Crippen LogP contribution in [-0.2, 0) is 14.3 Å². The molecule has 34 heavy (non-hydrogen) atoms. The number of Topliss-reactive ketones (excluding diaryl/α,β-unsaturated/α-hetero) is 2. The highest BCUT2D eigenvalue weighted by Gasteiger charge is 2.89. The molecule has 12 atom stereocenters. The van der Waals surface area contributed by atoms with Crippen LogP contribution in [0.15, 0.2) is 42.5 Å². The van der Waals surface area contributed by atoms with Crippen LogP contribution < -0.4 is 0 Å². The van der Waals surface area contributed by atoms with E-state index in [1.165, 1.54) is 0 Å². The van der Waals surface area contributed by atoms with Crippen molar-refractivity contribution in [3.63, 3.8) is 0 Å². The van der Waals surface area contributed by atoms with E-state index in [0.717, 1.165) is 19.5 Å². The standard InChI is InChI=1S/C28H29NO5/c1-13-17-19(31)18-23-28-10-16(30)9-26(2)12-29(23)11-15(21(26)28)8-27(18,24(13)32)22(28)20(17)34-25(33)14-6-4-3-5-7-14/h3-7,15,17-18,20-24,32H,1,8-12H2,2H3/t15-,17+,18+,20-,21?,22?,23?,24-,26+,27+,28+/m1/s1. The first-order chi connectivity index (χ1) is 16.2. The van der Waals surface area contributed by atoms with Gasteiger partial charge in [-0.2, -0.15) is 0 Å². The van der Waals surface area contributed by atoms with Crippen molar-refractivity contribution in [2.75, 3.05) is 13.1 Å². The Hall–Kier alpha value is -2.31. The van der Waals surface area contributed by atoms with Gasteiger partial charge in [-0.3, -0.25) is 14.5 Å². The fraction of sp³-hybridized carbons (Fsp3) is 0.607. The van der Waals surface area contributed by atoms with Gasteiger partial charge in [0, 0.05) is 54.6 Å². The van der Waals surface area contributed by atoms with Crippen molar-refractivity contribution in [2.24, 2.45) is 45.8 Å². The average molecular weight is 460 g/mol. The van der Waals surface area contributed by atoms with Gasteiger partial charge < -0.3 is 9.84 Å². The molecule has 0 aromatic heterocycles. The Morgan fingerprint density at radius 2 is 1.91 bits per heavy atom. The summed E-state index contributed by atoms with van der Waals surface area (Å²) in [4.78, 5) is 43.3. The molecular weight excluding hydrogens is 430 g/mol. The van der Waals surface area contributed by atoms with E-state index in [0.29, 0.717) is 35.8 Å². The number of benzene rings is 1. The lowest BCUT2D eigenvalue weighted by Gasteiger charge is -2.73. The quantitative estimate of drug-likeness (QED) is 0.540. The molecule has 1 N–H and O–H groups in total. The molecule has 9 fully saturated rings. The number of carbonyl (C=O) groups is 3. The molecule has 1 aromatic rings. The summed E-state index contributed by atoms with van der Waals surface area (Å²) in [6.07, 6.45) is 0.318.